The van der Waals surface area contributed by atoms with Crippen molar-refractivity contribution in [1.82, 2.24) is 0 Å². The summed E-state index contributed by atoms with van der Waals surface area (Å²) in [5.74, 6) is 0. The van der Waals surface area contributed by atoms with Crippen molar-refractivity contribution in [2.24, 2.45) is 5.73 Å². The van der Waals surface area contributed by atoms with Gasteiger partial charge < -0.3 is 10.5 Å². The van der Waals surface area contributed by atoms with E-state index in [4.69, 9.17) is 10.5 Å². The molecule has 0 aromatic heterocycles. The van der Waals surface area contributed by atoms with Crippen LogP contribution in [0.5, 0.6) is 0 Å². The van der Waals surface area contributed by atoms with E-state index in [-0.39, 0.29) is 0 Å². The molecule has 0 heterocycles. The molecule has 0 spiro atoms. The quantitative estimate of drug-likeness (QED) is 0.510. The summed E-state index contributed by atoms with van der Waals surface area (Å²) in [6, 6.07) is 0. The van der Waals surface area contributed by atoms with Crippen molar-refractivity contribution in [3.63, 3.8) is 0 Å². The highest BCUT2D eigenvalue weighted by molar-refractivity contribution is 5.20. The summed E-state index contributed by atoms with van der Waals surface area (Å²) in [7, 11) is 0. The summed E-state index contributed by atoms with van der Waals surface area (Å²) in [5.41, 5.74) is 8.15. The Morgan fingerprint density at radius 3 is 2.83 bits per heavy atom. The van der Waals surface area contributed by atoms with Gasteiger partial charge in [0.15, 0.2) is 0 Å². The molecule has 0 bridgehead atoms. The summed E-state index contributed by atoms with van der Waals surface area (Å²) in [4.78, 5) is 0. The van der Waals surface area contributed by atoms with Gasteiger partial charge in [-0.2, -0.15) is 0 Å². The Morgan fingerprint density at radius 1 is 1.42 bits per heavy atom. The second-order valence-electron chi connectivity index (χ2n) is 3.16. The zero-order valence-electron chi connectivity index (χ0n) is 7.68. The molecule has 0 radical (unpaired) electrons. The second-order valence-corrected chi connectivity index (χ2v) is 3.16. The molecule has 2 heteroatoms. The molecule has 0 unspecified atom stereocenters. The first-order valence-corrected chi connectivity index (χ1v) is 4.44. The van der Waals surface area contributed by atoms with Gasteiger partial charge in [-0.05, 0) is 25.3 Å². The predicted molar refractivity (Wildman–Crippen MR) is 50.9 cm³/mol. The van der Waals surface area contributed by atoms with Gasteiger partial charge in [-0.1, -0.05) is 17.7 Å². The molecule has 2 nitrogen and oxygen atoms in total. The van der Waals surface area contributed by atoms with Gasteiger partial charge in [0.2, 0.25) is 0 Å². The lowest BCUT2D eigenvalue weighted by atomic mass is 10.0. The molecule has 1 aliphatic rings. The maximum absolute atomic E-state index is 5.33. The van der Waals surface area contributed by atoms with Crippen molar-refractivity contribution in [3.8, 4) is 0 Å². The van der Waals surface area contributed by atoms with Crippen LogP contribution in [-0.4, -0.2) is 19.8 Å². The molecule has 0 atom stereocenters. The number of allylic oxidation sites excluding steroid dienone is 3. The van der Waals surface area contributed by atoms with E-state index in [0.29, 0.717) is 13.2 Å². The number of hydrogen-bond acceptors (Lipinski definition) is 2. The van der Waals surface area contributed by atoms with Gasteiger partial charge in [-0.25, -0.2) is 0 Å². The van der Waals surface area contributed by atoms with Crippen LogP contribution in [0.15, 0.2) is 23.3 Å². The summed E-state index contributed by atoms with van der Waals surface area (Å²) in [6.07, 6.45) is 6.66. The summed E-state index contributed by atoms with van der Waals surface area (Å²) >= 11 is 0. The van der Waals surface area contributed by atoms with Gasteiger partial charge in [0, 0.05) is 6.54 Å². The first-order valence-electron chi connectivity index (χ1n) is 4.44. The Morgan fingerprint density at radius 2 is 2.25 bits per heavy atom. The molecule has 0 amide bonds. The Kier molecular flexibility index (Phi) is 4.05. The molecule has 2 N–H and O–H groups in total. The molecular formula is C10H17NO. The second kappa shape index (κ2) is 5.12. The number of nitrogens with two attached hydrogens (primary N) is 1. The van der Waals surface area contributed by atoms with Crippen LogP contribution in [0.4, 0.5) is 0 Å². The maximum Gasteiger partial charge on any atom is 0.0680 e. The van der Waals surface area contributed by atoms with Gasteiger partial charge in [-0.15, -0.1) is 0 Å². The first-order chi connectivity index (χ1) is 5.83. The third-order valence-electron chi connectivity index (χ3n) is 1.98. The topological polar surface area (TPSA) is 35.2 Å². The van der Waals surface area contributed by atoms with Gasteiger partial charge >= 0.3 is 0 Å². The van der Waals surface area contributed by atoms with E-state index in [1.54, 1.807) is 0 Å². The molecule has 68 valence electrons. The molecule has 0 saturated carbocycles. The molecule has 1 rings (SSSR count). The Labute approximate surface area is 74.1 Å². The third-order valence-corrected chi connectivity index (χ3v) is 1.98. The predicted octanol–water partition coefficient (Wildman–Crippen LogP) is 1.63. The SMILES string of the molecule is CC1=CCC(COCCN)=CC1. The number of rotatable bonds is 4. The van der Waals surface area contributed by atoms with E-state index in [1.165, 1.54) is 11.1 Å². The van der Waals surface area contributed by atoms with Gasteiger partial charge in [-0.3, -0.25) is 0 Å². The highest BCUT2D eigenvalue weighted by Gasteiger charge is 2.01. The van der Waals surface area contributed by atoms with Gasteiger partial charge in [0.1, 0.15) is 0 Å². The van der Waals surface area contributed by atoms with Crippen LogP contribution in [-0.2, 0) is 4.74 Å². The molecule has 0 aromatic carbocycles. The van der Waals surface area contributed by atoms with Crippen LogP contribution >= 0.6 is 0 Å². The highest BCUT2D eigenvalue weighted by Crippen LogP contribution is 2.16. The van der Waals surface area contributed by atoms with Crippen molar-refractivity contribution in [1.29, 1.82) is 0 Å². The fourth-order valence-corrected chi connectivity index (χ4v) is 1.18. The third kappa shape index (κ3) is 3.20. The Hall–Kier alpha value is -0.600. The standard InChI is InChI=1S/C10H17NO/c1-9-2-4-10(5-3-9)8-12-7-6-11/h2,5H,3-4,6-8,11H2,1H3. The van der Waals surface area contributed by atoms with Crippen molar-refractivity contribution in [2.45, 2.75) is 19.8 Å². The summed E-state index contributed by atoms with van der Waals surface area (Å²) in [5, 5.41) is 0. The Bertz CT molecular complexity index is 194. The van der Waals surface area contributed by atoms with Gasteiger partial charge in [0.05, 0.1) is 13.2 Å². The largest absolute Gasteiger partial charge is 0.376 e. The van der Waals surface area contributed by atoms with Crippen molar-refractivity contribution >= 4 is 0 Å². The molecule has 0 fully saturated rings. The zero-order valence-corrected chi connectivity index (χ0v) is 7.68. The minimum Gasteiger partial charge on any atom is -0.376 e. The highest BCUT2D eigenvalue weighted by atomic mass is 16.5. The minimum absolute atomic E-state index is 0.613. The molecule has 0 saturated heterocycles. The number of hydrogen-bond donors (Lipinski definition) is 1. The lowest BCUT2D eigenvalue weighted by Gasteiger charge is -2.11. The van der Waals surface area contributed by atoms with Gasteiger partial charge in [0.25, 0.3) is 0 Å². The first kappa shape index (κ1) is 9.49. The fraction of sp³-hybridized carbons (Fsp3) is 0.600. The Balaban J connectivity index is 2.18. The summed E-state index contributed by atoms with van der Waals surface area (Å²) < 4.78 is 5.33. The van der Waals surface area contributed by atoms with Crippen molar-refractivity contribution in [3.05, 3.63) is 23.3 Å². The van der Waals surface area contributed by atoms with Crippen LogP contribution in [0.2, 0.25) is 0 Å². The van der Waals surface area contributed by atoms with E-state index in [2.05, 4.69) is 19.1 Å². The molecular weight excluding hydrogens is 150 g/mol. The van der Waals surface area contributed by atoms with Crippen LogP contribution in [0.25, 0.3) is 0 Å². The monoisotopic (exact) mass is 167 g/mol. The molecule has 1 aliphatic carbocycles. The average molecular weight is 167 g/mol. The molecule has 0 aliphatic heterocycles. The average Bonchev–Trinajstić information content (AvgIpc) is 2.09. The van der Waals surface area contributed by atoms with Crippen LogP contribution in [0.3, 0.4) is 0 Å². The van der Waals surface area contributed by atoms with E-state index in [1.807, 2.05) is 0 Å². The van der Waals surface area contributed by atoms with E-state index in [9.17, 15) is 0 Å². The van der Waals surface area contributed by atoms with Crippen molar-refractivity contribution < 1.29 is 4.74 Å². The molecule has 12 heavy (non-hydrogen) atoms. The van der Waals surface area contributed by atoms with Crippen molar-refractivity contribution in [2.75, 3.05) is 19.8 Å². The lowest BCUT2D eigenvalue weighted by molar-refractivity contribution is 0.162. The van der Waals surface area contributed by atoms with E-state index in [0.717, 1.165) is 19.4 Å². The maximum atomic E-state index is 5.33. The molecule has 0 aromatic rings. The van der Waals surface area contributed by atoms with E-state index >= 15 is 0 Å². The van der Waals surface area contributed by atoms with E-state index < -0.39 is 0 Å². The smallest absolute Gasteiger partial charge is 0.0680 e. The zero-order chi connectivity index (χ0) is 8.81. The van der Waals surface area contributed by atoms with Crippen LogP contribution in [0, 0.1) is 0 Å². The number of ether oxygens (including phenoxy) is 1. The fourth-order valence-electron chi connectivity index (χ4n) is 1.18. The normalized spacial score (nSPS) is 17.2. The van der Waals surface area contributed by atoms with Crippen LogP contribution < -0.4 is 5.73 Å². The lowest BCUT2D eigenvalue weighted by Crippen LogP contribution is -2.10. The van der Waals surface area contributed by atoms with Crippen LogP contribution in [0.1, 0.15) is 19.8 Å². The minimum atomic E-state index is 0.613. The summed E-state index contributed by atoms with van der Waals surface area (Å²) in [6.45, 7) is 4.19.